The molecule has 0 saturated carbocycles. The van der Waals surface area contributed by atoms with Gasteiger partial charge in [0, 0.05) is 25.5 Å². The minimum atomic E-state index is 0.705. The van der Waals surface area contributed by atoms with Gasteiger partial charge in [0.15, 0.2) is 5.65 Å². The number of aromatic nitrogens is 4. The monoisotopic (exact) mass is 322 g/mol. The van der Waals surface area contributed by atoms with Crippen LogP contribution in [0.1, 0.15) is 20.3 Å². The smallest absolute Gasteiger partial charge is 0.177 e. The molecule has 6 nitrogen and oxygen atoms in total. The van der Waals surface area contributed by atoms with Gasteiger partial charge in [0.05, 0.1) is 11.9 Å². The minimum absolute atomic E-state index is 0.705. The average Bonchev–Trinajstić information content (AvgIpc) is 3.04. The summed E-state index contributed by atoms with van der Waals surface area (Å²) in [5.41, 5.74) is 1.70. The van der Waals surface area contributed by atoms with Gasteiger partial charge < -0.3 is 10.2 Å². The molecule has 1 aliphatic rings. The van der Waals surface area contributed by atoms with E-state index in [0.29, 0.717) is 11.8 Å². The predicted molar refractivity (Wildman–Crippen MR) is 95.7 cm³/mol. The van der Waals surface area contributed by atoms with Crippen LogP contribution in [0.15, 0.2) is 42.9 Å². The van der Waals surface area contributed by atoms with Gasteiger partial charge in [0.25, 0.3) is 0 Å². The molecular weight excluding hydrogens is 300 g/mol. The van der Waals surface area contributed by atoms with E-state index in [1.165, 1.54) is 6.42 Å². The highest BCUT2D eigenvalue weighted by atomic mass is 15.3. The number of nitrogens with one attached hydrogen (secondary N) is 1. The molecule has 1 aliphatic heterocycles. The van der Waals surface area contributed by atoms with E-state index in [9.17, 15) is 0 Å². The molecule has 2 unspecified atom stereocenters. The van der Waals surface area contributed by atoms with Crippen LogP contribution in [0.25, 0.3) is 5.65 Å². The van der Waals surface area contributed by atoms with Gasteiger partial charge in [-0.25, -0.2) is 14.5 Å². The van der Waals surface area contributed by atoms with E-state index in [1.807, 2.05) is 18.3 Å². The van der Waals surface area contributed by atoms with Gasteiger partial charge in [-0.15, -0.1) is 0 Å². The average molecular weight is 322 g/mol. The Morgan fingerprint density at radius 2 is 1.92 bits per heavy atom. The maximum Gasteiger partial charge on any atom is 0.177 e. The van der Waals surface area contributed by atoms with Crippen molar-refractivity contribution in [1.29, 1.82) is 0 Å². The molecule has 24 heavy (non-hydrogen) atoms. The largest absolute Gasteiger partial charge is 0.356 e. The second-order valence-corrected chi connectivity index (χ2v) is 6.80. The Labute approximate surface area is 141 Å². The summed E-state index contributed by atoms with van der Waals surface area (Å²) in [5, 5.41) is 7.61. The highest BCUT2D eigenvalue weighted by Gasteiger charge is 2.22. The molecule has 4 heterocycles. The maximum absolute atomic E-state index is 4.81. The van der Waals surface area contributed by atoms with Gasteiger partial charge in [-0.3, -0.25) is 0 Å². The van der Waals surface area contributed by atoms with Crippen molar-refractivity contribution in [1.82, 2.24) is 19.6 Å². The number of piperidine rings is 1. The third kappa shape index (κ3) is 2.91. The van der Waals surface area contributed by atoms with Crippen molar-refractivity contribution in [3.05, 3.63) is 42.9 Å². The van der Waals surface area contributed by atoms with Crippen molar-refractivity contribution in [3.8, 4) is 0 Å². The summed E-state index contributed by atoms with van der Waals surface area (Å²) in [5.74, 6) is 3.27. The van der Waals surface area contributed by atoms with E-state index in [-0.39, 0.29) is 0 Å². The molecule has 0 aromatic carbocycles. The zero-order valence-corrected chi connectivity index (χ0v) is 14.1. The number of hydrogen-bond donors (Lipinski definition) is 1. The SMILES string of the molecule is CC1CC(C)CN(c2cccc(Nc3ccnn4ccnc34)n2)C1. The number of hydrogen-bond acceptors (Lipinski definition) is 5. The standard InChI is InChI=1S/C18H22N6/c1-13-10-14(2)12-23(11-13)17-5-3-4-16(22-17)21-15-6-7-20-24-9-8-19-18(15)24/h3-9,13-14H,10-12H2,1-2H3,(H,21,22). The minimum Gasteiger partial charge on any atom is -0.356 e. The molecule has 3 aromatic rings. The van der Waals surface area contributed by atoms with Crippen LogP contribution >= 0.6 is 0 Å². The Hall–Kier alpha value is -2.63. The van der Waals surface area contributed by atoms with E-state index in [4.69, 9.17) is 4.98 Å². The second kappa shape index (κ2) is 6.11. The van der Waals surface area contributed by atoms with Crippen molar-refractivity contribution >= 4 is 23.0 Å². The predicted octanol–water partition coefficient (Wildman–Crippen LogP) is 3.35. The molecule has 2 atom stereocenters. The first-order chi connectivity index (χ1) is 11.7. The molecule has 124 valence electrons. The molecule has 0 radical (unpaired) electrons. The fraction of sp³-hybridized carbons (Fsp3) is 0.389. The second-order valence-electron chi connectivity index (χ2n) is 6.80. The quantitative estimate of drug-likeness (QED) is 0.801. The Balaban J connectivity index is 1.60. The summed E-state index contributed by atoms with van der Waals surface area (Å²) in [6.07, 6.45) is 6.63. The molecule has 0 aliphatic carbocycles. The van der Waals surface area contributed by atoms with Crippen molar-refractivity contribution in [3.63, 3.8) is 0 Å². The van der Waals surface area contributed by atoms with E-state index in [0.717, 1.165) is 36.1 Å². The van der Waals surface area contributed by atoms with Crippen LogP contribution in [-0.4, -0.2) is 32.7 Å². The summed E-state index contributed by atoms with van der Waals surface area (Å²) in [7, 11) is 0. The normalized spacial score (nSPS) is 21.2. The van der Waals surface area contributed by atoms with E-state index in [1.54, 1.807) is 16.9 Å². The van der Waals surface area contributed by atoms with Crippen LogP contribution in [0.4, 0.5) is 17.3 Å². The fourth-order valence-electron chi connectivity index (χ4n) is 3.59. The van der Waals surface area contributed by atoms with Crippen LogP contribution in [0, 0.1) is 11.8 Å². The molecule has 0 bridgehead atoms. The summed E-state index contributed by atoms with van der Waals surface area (Å²) < 4.78 is 1.75. The lowest BCUT2D eigenvalue weighted by molar-refractivity contribution is 0.355. The van der Waals surface area contributed by atoms with Gasteiger partial charge in [-0.05, 0) is 36.5 Å². The molecule has 0 spiro atoms. The third-order valence-electron chi connectivity index (χ3n) is 4.48. The van der Waals surface area contributed by atoms with Crippen LogP contribution in [0.5, 0.6) is 0 Å². The first kappa shape index (κ1) is 14.9. The highest BCUT2D eigenvalue weighted by Crippen LogP contribution is 2.26. The van der Waals surface area contributed by atoms with Crippen LogP contribution in [-0.2, 0) is 0 Å². The molecule has 0 amide bonds. The molecular formula is C18H22N6. The highest BCUT2D eigenvalue weighted by molar-refractivity contribution is 5.72. The summed E-state index contributed by atoms with van der Waals surface area (Å²) >= 11 is 0. The third-order valence-corrected chi connectivity index (χ3v) is 4.48. The number of pyridine rings is 1. The lowest BCUT2D eigenvalue weighted by Crippen LogP contribution is -2.39. The number of fused-ring (bicyclic) bond motifs is 1. The number of nitrogens with zero attached hydrogens (tertiary/aromatic N) is 5. The van der Waals surface area contributed by atoms with Gasteiger partial charge in [-0.1, -0.05) is 19.9 Å². The number of rotatable bonds is 3. The lowest BCUT2D eigenvalue weighted by atomic mass is 9.92. The Bertz CT molecular complexity index is 832. The molecule has 1 N–H and O–H groups in total. The van der Waals surface area contributed by atoms with Crippen molar-refractivity contribution < 1.29 is 0 Å². The van der Waals surface area contributed by atoms with Crippen LogP contribution < -0.4 is 10.2 Å². The van der Waals surface area contributed by atoms with E-state index >= 15 is 0 Å². The Morgan fingerprint density at radius 3 is 2.75 bits per heavy atom. The molecule has 6 heteroatoms. The summed E-state index contributed by atoms with van der Waals surface area (Å²) in [4.78, 5) is 11.5. The Kier molecular flexibility index (Phi) is 3.80. The van der Waals surface area contributed by atoms with Gasteiger partial charge in [-0.2, -0.15) is 5.10 Å². The topological polar surface area (TPSA) is 58.4 Å². The Morgan fingerprint density at radius 1 is 1.08 bits per heavy atom. The van der Waals surface area contributed by atoms with Crippen molar-refractivity contribution in [2.45, 2.75) is 20.3 Å². The van der Waals surface area contributed by atoms with Crippen molar-refractivity contribution in [2.24, 2.45) is 11.8 Å². The molecule has 4 rings (SSSR count). The van der Waals surface area contributed by atoms with E-state index in [2.05, 4.69) is 46.3 Å². The zero-order valence-electron chi connectivity index (χ0n) is 14.1. The van der Waals surface area contributed by atoms with Crippen LogP contribution in [0.2, 0.25) is 0 Å². The first-order valence-electron chi connectivity index (χ1n) is 8.46. The van der Waals surface area contributed by atoms with Crippen molar-refractivity contribution in [2.75, 3.05) is 23.3 Å². The fourth-order valence-corrected chi connectivity index (χ4v) is 3.59. The lowest BCUT2D eigenvalue weighted by Gasteiger charge is -2.35. The van der Waals surface area contributed by atoms with Gasteiger partial charge in [0.1, 0.15) is 11.6 Å². The van der Waals surface area contributed by atoms with Crippen LogP contribution in [0.3, 0.4) is 0 Å². The van der Waals surface area contributed by atoms with Gasteiger partial charge in [0.2, 0.25) is 0 Å². The molecule has 1 saturated heterocycles. The van der Waals surface area contributed by atoms with Gasteiger partial charge >= 0.3 is 0 Å². The zero-order chi connectivity index (χ0) is 16.5. The maximum atomic E-state index is 4.81. The molecule has 1 fully saturated rings. The van der Waals surface area contributed by atoms with E-state index < -0.39 is 0 Å². The number of imidazole rings is 1. The summed E-state index contributed by atoms with van der Waals surface area (Å²) in [6.45, 7) is 6.77. The summed E-state index contributed by atoms with van der Waals surface area (Å²) in [6, 6.07) is 8.05. The molecule has 3 aromatic heterocycles. The number of anilines is 3. The first-order valence-corrected chi connectivity index (χ1v) is 8.46.